The van der Waals surface area contributed by atoms with Crippen LogP contribution in [0.15, 0.2) is 12.7 Å². The molecule has 1 N–H and O–H groups in total. The first-order chi connectivity index (χ1) is 7.61. The molecule has 0 saturated heterocycles. The number of carbonyl (C=O) groups excluding carboxylic acids is 1. The molecule has 0 spiro atoms. The van der Waals surface area contributed by atoms with Gasteiger partial charge >= 0.3 is 12.1 Å². The molecule has 0 rings (SSSR count). The van der Waals surface area contributed by atoms with Crippen LogP contribution in [0, 0.1) is 0 Å². The monoisotopic (exact) mass is 231 g/mol. The van der Waals surface area contributed by atoms with E-state index in [0.717, 1.165) is 0 Å². The van der Waals surface area contributed by atoms with Crippen molar-refractivity contribution >= 4 is 12.1 Å². The predicted octanol–water partition coefficient (Wildman–Crippen LogP) is 0.732. The van der Waals surface area contributed by atoms with E-state index in [1.807, 2.05) is 0 Å². The standard InChI is InChI=1S/C10H17NO5/c1-3-7-16-10(14)11(6-8-15-2)5-4-9(12)13/h3H,1,4-8H2,2H3,(H,12,13). The SMILES string of the molecule is C=CCOC(=O)N(CCOC)CCC(=O)O. The lowest BCUT2D eigenvalue weighted by Gasteiger charge is -2.20. The van der Waals surface area contributed by atoms with Crippen LogP contribution in [0.4, 0.5) is 4.79 Å². The fourth-order valence-corrected chi connectivity index (χ4v) is 0.948. The first-order valence-electron chi connectivity index (χ1n) is 4.85. The Balaban J connectivity index is 4.10. The maximum Gasteiger partial charge on any atom is 0.410 e. The third-order valence-corrected chi connectivity index (χ3v) is 1.74. The van der Waals surface area contributed by atoms with E-state index in [1.165, 1.54) is 18.1 Å². The molecule has 0 aromatic heterocycles. The molecule has 0 aliphatic heterocycles. The minimum absolute atomic E-state index is 0.106. The van der Waals surface area contributed by atoms with Gasteiger partial charge in [0.2, 0.25) is 0 Å². The number of rotatable bonds is 8. The molecule has 0 aromatic rings. The van der Waals surface area contributed by atoms with Crippen LogP contribution in [0.1, 0.15) is 6.42 Å². The molecule has 1 amide bonds. The van der Waals surface area contributed by atoms with E-state index in [9.17, 15) is 9.59 Å². The van der Waals surface area contributed by atoms with Crippen molar-refractivity contribution in [1.82, 2.24) is 4.90 Å². The summed E-state index contributed by atoms with van der Waals surface area (Å²) in [5.74, 6) is -0.959. The van der Waals surface area contributed by atoms with Gasteiger partial charge in [-0.3, -0.25) is 4.79 Å². The van der Waals surface area contributed by atoms with Crippen molar-refractivity contribution in [1.29, 1.82) is 0 Å². The molecule has 92 valence electrons. The summed E-state index contributed by atoms with van der Waals surface area (Å²) in [6.45, 7) is 4.27. The van der Waals surface area contributed by atoms with E-state index in [1.54, 1.807) is 0 Å². The molecular weight excluding hydrogens is 214 g/mol. The summed E-state index contributed by atoms with van der Waals surface area (Å²) in [6, 6.07) is 0. The molecule has 0 aromatic carbocycles. The largest absolute Gasteiger partial charge is 0.481 e. The summed E-state index contributed by atoms with van der Waals surface area (Å²) in [5.41, 5.74) is 0. The third kappa shape index (κ3) is 6.83. The average molecular weight is 231 g/mol. The zero-order valence-corrected chi connectivity index (χ0v) is 9.35. The molecule has 0 aliphatic rings. The Bertz CT molecular complexity index is 241. The van der Waals surface area contributed by atoms with Gasteiger partial charge in [-0.15, -0.1) is 0 Å². The van der Waals surface area contributed by atoms with Crippen LogP contribution >= 0.6 is 0 Å². The molecule has 0 atom stereocenters. The van der Waals surface area contributed by atoms with Crippen LogP contribution in [-0.4, -0.2) is 55.5 Å². The molecule has 0 fully saturated rings. The Morgan fingerprint density at radius 3 is 2.62 bits per heavy atom. The normalized spacial score (nSPS) is 9.56. The number of hydrogen-bond donors (Lipinski definition) is 1. The molecule has 6 heteroatoms. The summed E-state index contributed by atoms with van der Waals surface area (Å²) >= 11 is 0. The second-order valence-electron chi connectivity index (χ2n) is 2.99. The molecule has 16 heavy (non-hydrogen) atoms. The highest BCUT2D eigenvalue weighted by atomic mass is 16.6. The highest BCUT2D eigenvalue weighted by Crippen LogP contribution is 1.97. The van der Waals surface area contributed by atoms with Crippen molar-refractivity contribution in [2.75, 3.05) is 33.4 Å². The molecular formula is C10H17NO5. The minimum Gasteiger partial charge on any atom is -0.481 e. The number of aliphatic carboxylic acids is 1. The lowest BCUT2D eigenvalue weighted by molar-refractivity contribution is -0.137. The van der Waals surface area contributed by atoms with Gasteiger partial charge in [-0.05, 0) is 0 Å². The van der Waals surface area contributed by atoms with Crippen LogP contribution in [0.3, 0.4) is 0 Å². The van der Waals surface area contributed by atoms with Crippen molar-refractivity contribution in [3.8, 4) is 0 Å². The van der Waals surface area contributed by atoms with Gasteiger partial charge in [0.1, 0.15) is 6.61 Å². The van der Waals surface area contributed by atoms with Gasteiger partial charge in [0.25, 0.3) is 0 Å². The number of methoxy groups -OCH3 is 1. The van der Waals surface area contributed by atoms with Gasteiger partial charge in [-0.1, -0.05) is 12.7 Å². The molecule has 0 saturated carbocycles. The topological polar surface area (TPSA) is 76.1 Å². The number of amides is 1. The Labute approximate surface area is 94.4 Å². The van der Waals surface area contributed by atoms with Gasteiger partial charge in [0, 0.05) is 20.2 Å². The van der Waals surface area contributed by atoms with Crippen molar-refractivity contribution < 1.29 is 24.2 Å². The second-order valence-corrected chi connectivity index (χ2v) is 2.99. The summed E-state index contributed by atoms with van der Waals surface area (Å²) in [5, 5.41) is 8.52. The van der Waals surface area contributed by atoms with Crippen molar-refractivity contribution in [2.24, 2.45) is 0 Å². The van der Waals surface area contributed by atoms with E-state index < -0.39 is 12.1 Å². The van der Waals surface area contributed by atoms with Crippen LogP contribution in [0.2, 0.25) is 0 Å². The number of carboxylic acids is 1. The summed E-state index contributed by atoms with van der Waals surface area (Å²) in [6.07, 6.45) is 0.773. The van der Waals surface area contributed by atoms with E-state index >= 15 is 0 Å². The van der Waals surface area contributed by atoms with Gasteiger partial charge in [0.15, 0.2) is 0 Å². The maximum atomic E-state index is 11.4. The van der Waals surface area contributed by atoms with E-state index in [-0.39, 0.29) is 19.6 Å². The van der Waals surface area contributed by atoms with Crippen LogP contribution < -0.4 is 0 Å². The maximum absolute atomic E-state index is 11.4. The van der Waals surface area contributed by atoms with Crippen molar-refractivity contribution in [2.45, 2.75) is 6.42 Å². The molecule has 0 heterocycles. The number of hydrogen-bond acceptors (Lipinski definition) is 4. The van der Waals surface area contributed by atoms with E-state index in [0.29, 0.717) is 13.2 Å². The molecule has 0 radical (unpaired) electrons. The average Bonchev–Trinajstić information content (AvgIpc) is 2.25. The molecule has 6 nitrogen and oxygen atoms in total. The minimum atomic E-state index is -0.959. The first kappa shape index (κ1) is 14.4. The van der Waals surface area contributed by atoms with Crippen molar-refractivity contribution in [3.63, 3.8) is 0 Å². The first-order valence-corrected chi connectivity index (χ1v) is 4.85. The fourth-order valence-electron chi connectivity index (χ4n) is 0.948. The number of carbonyl (C=O) groups is 2. The second kappa shape index (κ2) is 8.72. The summed E-state index contributed by atoms with van der Waals surface area (Å²) < 4.78 is 9.62. The van der Waals surface area contributed by atoms with E-state index in [4.69, 9.17) is 14.6 Å². The van der Waals surface area contributed by atoms with Gasteiger partial charge in [0.05, 0.1) is 13.0 Å². The fraction of sp³-hybridized carbons (Fsp3) is 0.600. The summed E-state index contributed by atoms with van der Waals surface area (Å²) in [4.78, 5) is 23.1. The Morgan fingerprint density at radius 1 is 1.44 bits per heavy atom. The van der Waals surface area contributed by atoms with Gasteiger partial charge in [-0.2, -0.15) is 0 Å². The number of nitrogens with zero attached hydrogens (tertiary/aromatic N) is 1. The Hall–Kier alpha value is -1.56. The van der Waals surface area contributed by atoms with E-state index in [2.05, 4.69) is 6.58 Å². The van der Waals surface area contributed by atoms with Gasteiger partial charge < -0.3 is 19.5 Å². The zero-order chi connectivity index (χ0) is 12.4. The van der Waals surface area contributed by atoms with Crippen molar-refractivity contribution in [3.05, 3.63) is 12.7 Å². The lowest BCUT2D eigenvalue weighted by atomic mass is 10.4. The molecule has 0 unspecified atom stereocenters. The van der Waals surface area contributed by atoms with Crippen LogP contribution in [-0.2, 0) is 14.3 Å². The quantitative estimate of drug-likeness (QED) is 0.623. The Kier molecular flexibility index (Phi) is 7.87. The zero-order valence-electron chi connectivity index (χ0n) is 9.35. The highest BCUT2D eigenvalue weighted by Gasteiger charge is 2.15. The number of carboxylic acid groups (broad SMARTS) is 1. The van der Waals surface area contributed by atoms with Gasteiger partial charge in [-0.25, -0.2) is 4.79 Å². The summed E-state index contributed by atoms with van der Waals surface area (Å²) in [7, 11) is 1.50. The molecule has 0 bridgehead atoms. The Morgan fingerprint density at radius 2 is 2.12 bits per heavy atom. The smallest absolute Gasteiger partial charge is 0.410 e. The lowest BCUT2D eigenvalue weighted by Crippen LogP contribution is -2.36. The van der Waals surface area contributed by atoms with Crippen LogP contribution in [0.5, 0.6) is 0 Å². The van der Waals surface area contributed by atoms with Crippen LogP contribution in [0.25, 0.3) is 0 Å². The third-order valence-electron chi connectivity index (χ3n) is 1.74. The molecule has 0 aliphatic carbocycles. The number of ether oxygens (including phenoxy) is 2. The predicted molar refractivity (Wildman–Crippen MR) is 57.2 cm³/mol. The highest BCUT2D eigenvalue weighted by molar-refractivity contribution is 5.70.